The van der Waals surface area contributed by atoms with Gasteiger partial charge in [-0.3, -0.25) is 0 Å². The van der Waals surface area contributed by atoms with Gasteiger partial charge in [0.25, 0.3) is 0 Å². The molecule has 16 heavy (non-hydrogen) atoms. The standard InChI is InChI=1S/C11H20N2O3/c1-9(6-12-8-14)7-13(5)10(15)16-11(2,3)4/h9H,6-7H2,1-5H3. The zero-order valence-electron chi connectivity index (χ0n) is 10.6. The summed E-state index contributed by atoms with van der Waals surface area (Å²) in [4.78, 5) is 26.4. The molecule has 1 atom stereocenters. The summed E-state index contributed by atoms with van der Waals surface area (Å²) in [6, 6.07) is 0. The number of amides is 1. The molecule has 0 spiro atoms. The van der Waals surface area contributed by atoms with E-state index in [0.717, 1.165) is 0 Å². The molecule has 0 aromatic carbocycles. The van der Waals surface area contributed by atoms with Crippen LogP contribution in [0.15, 0.2) is 4.99 Å². The lowest BCUT2D eigenvalue weighted by Gasteiger charge is -2.25. The monoisotopic (exact) mass is 228 g/mol. The molecule has 0 aliphatic rings. The molecule has 0 radical (unpaired) electrons. The van der Waals surface area contributed by atoms with Crippen LogP contribution >= 0.6 is 0 Å². The molecule has 0 fully saturated rings. The van der Waals surface area contributed by atoms with E-state index in [4.69, 9.17) is 4.74 Å². The van der Waals surface area contributed by atoms with Crippen molar-refractivity contribution in [3.63, 3.8) is 0 Å². The van der Waals surface area contributed by atoms with Gasteiger partial charge in [-0.2, -0.15) is 0 Å². The first-order valence-corrected chi connectivity index (χ1v) is 5.24. The largest absolute Gasteiger partial charge is 0.444 e. The molecule has 0 aromatic heterocycles. The summed E-state index contributed by atoms with van der Waals surface area (Å²) in [5, 5.41) is 0. The minimum atomic E-state index is -0.491. The molecular weight excluding hydrogens is 208 g/mol. The Bertz CT molecular complexity index is 277. The van der Waals surface area contributed by atoms with Gasteiger partial charge in [-0.1, -0.05) is 6.92 Å². The Morgan fingerprint density at radius 1 is 1.50 bits per heavy atom. The lowest BCUT2D eigenvalue weighted by Crippen LogP contribution is -2.37. The molecule has 0 rings (SSSR count). The highest BCUT2D eigenvalue weighted by molar-refractivity contribution is 5.67. The average molecular weight is 228 g/mol. The van der Waals surface area contributed by atoms with Crippen molar-refractivity contribution in [3.8, 4) is 0 Å². The van der Waals surface area contributed by atoms with Crippen LogP contribution in [0.1, 0.15) is 27.7 Å². The van der Waals surface area contributed by atoms with Gasteiger partial charge in [0.05, 0.1) is 6.54 Å². The van der Waals surface area contributed by atoms with E-state index < -0.39 is 5.60 Å². The van der Waals surface area contributed by atoms with Gasteiger partial charge in [-0.05, 0) is 26.7 Å². The average Bonchev–Trinajstić information content (AvgIpc) is 2.11. The predicted octanol–water partition coefficient (Wildman–Crippen LogP) is 1.83. The summed E-state index contributed by atoms with van der Waals surface area (Å²) in [5.74, 6) is 0.110. The molecule has 1 amide bonds. The molecule has 0 saturated heterocycles. The quantitative estimate of drug-likeness (QED) is 0.544. The van der Waals surface area contributed by atoms with E-state index in [2.05, 4.69) is 4.99 Å². The number of carbonyl (C=O) groups is 1. The molecule has 0 saturated carbocycles. The Balaban J connectivity index is 4.09. The van der Waals surface area contributed by atoms with E-state index in [1.807, 2.05) is 27.7 Å². The van der Waals surface area contributed by atoms with Crippen LogP contribution in [0.5, 0.6) is 0 Å². The Morgan fingerprint density at radius 3 is 2.50 bits per heavy atom. The number of carbonyl (C=O) groups excluding carboxylic acids is 2. The fourth-order valence-electron chi connectivity index (χ4n) is 1.13. The lowest BCUT2D eigenvalue weighted by molar-refractivity contribution is 0.0279. The highest BCUT2D eigenvalue weighted by Crippen LogP contribution is 2.10. The third kappa shape index (κ3) is 7.01. The summed E-state index contributed by atoms with van der Waals surface area (Å²) >= 11 is 0. The third-order valence-corrected chi connectivity index (χ3v) is 1.76. The van der Waals surface area contributed by atoms with Crippen LogP contribution in [0.3, 0.4) is 0 Å². The molecule has 0 aromatic rings. The summed E-state index contributed by atoms with van der Waals surface area (Å²) < 4.78 is 5.18. The molecule has 0 aliphatic heterocycles. The minimum Gasteiger partial charge on any atom is -0.444 e. The number of hydrogen-bond acceptors (Lipinski definition) is 4. The molecule has 5 heteroatoms. The van der Waals surface area contributed by atoms with Gasteiger partial charge < -0.3 is 9.64 Å². The molecule has 0 aliphatic carbocycles. The molecule has 92 valence electrons. The van der Waals surface area contributed by atoms with Crippen LogP contribution < -0.4 is 0 Å². The van der Waals surface area contributed by atoms with Crippen LogP contribution in [0, 0.1) is 5.92 Å². The second-order valence-corrected chi connectivity index (χ2v) is 4.90. The number of hydrogen-bond donors (Lipinski definition) is 0. The maximum atomic E-state index is 11.6. The Labute approximate surface area is 96.5 Å². The summed E-state index contributed by atoms with van der Waals surface area (Å²) in [6.45, 7) is 8.23. The van der Waals surface area contributed by atoms with Crippen molar-refractivity contribution in [3.05, 3.63) is 0 Å². The molecule has 0 heterocycles. The van der Waals surface area contributed by atoms with Crippen LogP contribution in [-0.4, -0.2) is 42.8 Å². The van der Waals surface area contributed by atoms with E-state index in [0.29, 0.717) is 13.1 Å². The predicted molar refractivity (Wildman–Crippen MR) is 61.0 cm³/mol. The first kappa shape index (κ1) is 14.6. The molecule has 0 bridgehead atoms. The second kappa shape index (κ2) is 6.28. The van der Waals surface area contributed by atoms with Crippen molar-refractivity contribution in [1.82, 2.24) is 4.90 Å². The van der Waals surface area contributed by atoms with Gasteiger partial charge in [0, 0.05) is 13.6 Å². The first-order chi connectivity index (χ1) is 7.26. The van der Waals surface area contributed by atoms with E-state index in [-0.39, 0.29) is 12.0 Å². The van der Waals surface area contributed by atoms with Crippen molar-refractivity contribution in [2.45, 2.75) is 33.3 Å². The van der Waals surface area contributed by atoms with Gasteiger partial charge >= 0.3 is 6.09 Å². The summed E-state index contributed by atoms with van der Waals surface area (Å²) in [7, 11) is 1.66. The Hall–Kier alpha value is -1.35. The van der Waals surface area contributed by atoms with E-state index >= 15 is 0 Å². The highest BCUT2D eigenvalue weighted by atomic mass is 16.6. The molecule has 1 unspecified atom stereocenters. The highest BCUT2D eigenvalue weighted by Gasteiger charge is 2.20. The van der Waals surface area contributed by atoms with E-state index in [1.54, 1.807) is 7.05 Å². The normalized spacial score (nSPS) is 12.6. The minimum absolute atomic E-state index is 0.110. The smallest absolute Gasteiger partial charge is 0.410 e. The number of rotatable bonds is 4. The molecule has 0 N–H and O–H groups in total. The van der Waals surface area contributed by atoms with Gasteiger partial charge in [0.2, 0.25) is 6.08 Å². The third-order valence-electron chi connectivity index (χ3n) is 1.76. The van der Waals surface area contributed by atoms with Crippen molar-refractivity contribution < 1.29 is 14.3 Å². The zero-order chi connectivity index (χ0) is 12.8. The summed E-state index contributed by atoms with van der Waals surface area (Å²) in [5.41, 5.74) is -0.491. The zero-order valence-corrected chi connectivity index (χ0v) is 10.6. The lowest BCUT2D eigenvalue weighted by atomic mass is 10.2. The number of nitrogens with zero attached hydrogens (tertiary/aromatic N) is 2. The van der Waals surface area contributed by atoms with Crippen molar-refractivity contribution in [1.29, 1.82) is 0 Å². The maximum Gasteiger partial charge on any atom is 0.410 e. The van der Waals surface area contributed by atoms with Crippen molar-refractivity contribution >= 4 is 12.2 Å². The van der Waals surface area contributed by atoms with Crippen LogP contribution in [0.25, 0.3) is 0 Å². The Morgan fingerprint density at radius 2 is 2.06 bits per heavy atom. The number of aliphatic imine (C=N–C) groups is 1. The van der Waals surface area contributed by atoms with Crippen molar-refractivity contribution in [2.75, 3.05) is 20.1 Å². The van der Waals surface area contributed by atoms with Gasteiger partial charge in [-0.15, -0.1) is 0 Å². The van der Waals surface area contributed by atoms with Crippen molar-refractivity contribution in [2.24, 2.45) is 10.9 Å². The molecular formula is C11H20N2O3. The van der Waals surface area contributed by atoms with Gasteiger partial charge in [-0.25, -0.2) is 14.6 Å². The van der Waals surface area contributed by atoms with Gasteiger partial charge in [0.15, 0.2) is 0 Å². The van der Waals surface area contributed by atoms with E-state index in [9.17, 15) is 9.59 Å². The van der Waals surface area contributed by atoms with Gasteiger partial charge in [0.1, 0.15) is 5.60 Å². The van der Waals surface area contributed by atoms with Crippen LogP contribution in [0.4, 0.5) is 4.79 Å². The fourth-order valence-corrected chi connectivity index (χ4v) is 1.13. The number of isocyanates is 1. The van der Waals surface area contributed by atoms with E-state index in [1.165, 1.54) is 11.0 Å². The molecule has 5 nitrogen and oxygen atoms in total. The first-order valence-electron chi connectivity index (χ1n) is 5.24. The maximum absolute atomic E-state index is 11.6. The topological polar surface area (TPSA) is 59.0 Å². The SMILES string of the molecule is CC(CN=C=O)CN(C)C(=O)OC(C)(C)C. The van der Waals surface area contributed by atoms with Crippen LogP contribution in [-0.2, 0) is 9.53 Å². The summed E-state index contributed by atoms with van der Waals surface area (Å²) in [6.07, 6.45) is 1.11. The Kier molecular flexibility index (Phi) is 5.75. The second-order valence-electron chi connectivity index (χ2n) is 4.90. The van der Waals surface area contributed by atoms with Crippen LogP contribution in [0.2, 0.25) is 0 Å². The fraction of sp³-hybridized carbons (Fsp3) is 0.818. The number of ether oxygens (including phenoxy) is 1.